The molecule has 6 nitrogen and oxygen atoms in total. The SMILES string of the molecule is O=C(C[C@@H]1SC(N2N=C(c3ccc(F)cc3)C[C@@H]2c2ccc(Cl)cc2)=NC1=O)Nc1ccc(F)c(F)c1. The van der Waals surface area contributed by atoms with Crippen molar-refractivity contribution in [2.45, 2.75) is 24.1 Å². The lowest BCUT2D eigenvalue weighted by Gasteiger charge is -2.23. The molecule has 2 aliphatic rings. The van der Waals surface area contributed by atoms with Gasteiger partial charge in [0, 0.05) is 29.6 Å². The zero-order valence-electron chi connectivity index (χ0n) is 19.0. The third kappa shape index (κ3) is 5.55. The van der Waals surface area contributed by atoms with Crippen molar-refractivity contribution in [1.29, 1.82) is 0 Å². The Kier molecular flexibility index (Phi) is 7.03. The van der Waals surface area contributed by atoms with Gasteiger partial charge in [-0.1, -0.05) is 47.6 Å². The molecule has 0 aromatic heterocycles. The second kappa shape index (κ2) is 10.4. The van der Waals surface area contributed by atoms with E-state index in [4.69, 9.17) is 16.7 Å². The zero-order valence-corrected chi connectivity index (χ0v) is 20.6. The largest absolute Gasteiger partial charge is 0.326 e. The van der Waals surface area contributed by atoms with Crippen LogP contribution in [0.5, 0.6) is 0 Å². The number of thioether (sulfide) groups is 1. The summed E-state index contributed by atoms with van der Waals surface area (Å²) in [6.07, 6.45) is 0.256. The second-order valence-corrected chi connectivity index (χ2v) is 10.00. The third-order valence-electron chi connectivity index (χ3n) is 5.84. The average molecular weight is 543 g/mol. The van der Waals surface area contributed by atoms with Crippen LogP contribution in [0.2, 0.25) is 5.02 Å². The Balaban J connectivity index is 1.34. The molecule has 2 aliphatic heterocycles. The predicted octanol–water partition coefficient (Wildman–Crippen LogP) is 5.94. The molecule has 2 atom stereocenters. The molecule has 5 rings (SSSR count). The van der Waals surface area contributed by atoms with Crippen molar-refractivity contribution in [3.63, 3.8) is 0 Å². The van der Waals surface area contributed by atoms with E-state index >= 15 is 0 Å². The summed E-state index contributed by atoms with van der Waals surface area (Å²) in [4.78, 5) is 29.3. The van der Waals surface area contributed by atoms with E-state index in [9.17, 15) is 22.8 Å². The fraction of sp³-hybridized carbons (Fsp3) is 0.154. The number of hydrogen-bond donors (Lipinski definition) is 1. The normalized spacial score (nSPS) is 19.1. The van der Waals surface area contributed by atoms with Gasteiger partial charge in [-0.2, -0.15) is 10.1 Å². The molecular formula is C26H18ClF3N4O2S. The van der Waals surface area contributed by atoms with Crippen molar-refractivity contribution in [3.8, 4) is 0 Å². The maximum absolute atomic E-state index is 13.5. The van der Waals surface area contributed by atoms with Crippen LogP contribution >= 0.6 is 23.4 Å². The van der Waals surface area contributed by atoms with Crippen LogP contribution in [-0.4, -0.2) is 33.0 Å². The molecule has 2 heterocycles. The highest BCUT2D eigenvalue weighted by atomic mass is 35.5. The van der Waals surface area contributed by atoms with Crippen molar-refractivity contribution in [1.82, 2.24) is 5.01 Å². The van der Waals surface area contributed by atoms with Crippen molar-refractivity contribution < 1.29 is 22.8 Å². The topological polar surface area (TPSA) is 74.1 Å². The Labute approximate surface area is 219 Å². The Morgan fingerprint density at radius 2 is 1.76 bits per heavy atom. The molecule has 0 saturated heterocycles. The third-order valence-corrected chi connectivity index (χ3v) is 7.24. The number of hydrazone groups is 1. The highest BCUT2D eigenvalue weighted by Crippen LogP contribution is 2.39. The van der Waals surface area contributed by atoms with Crippen LogP contribution in [-0.2, 0) is 9.59 Å². The number of nitrogens with one attached hydrogen (secondary N) is 1. The Morgan fingerprint density at radius 1 is 1.03 bits per heavy atom. The molecule has 0 saturated carbocycles. The molecule has 37 heavy (non-hydrogen) atoms. The molecule has 1 N–H and O–H groups in total. The standard InChI is InChI=1S/C26H18ClF3N4O2S/c27-16-5-1-15(2-6-16)22-12-21(14-3-7-17(28)8-4-14)33-34(22)26-32-25(36)23(37-26)13-24(35)31-18-9-10-19(29)20(30)11-18/h1-11,22-23H,12-13H2,(H,31,35)/t22-,23+/m1/s1. The number of benzene rings is 3. The molecule has 0 fully saturated rings. The van der Waals surface area contributed by atoms with Gasteiger partial charge in [0.1, 0.15) is 11.1 Å². The number of nitrogens with zero attached hydrogens (tertiary/aromatic N) is 3. The number of aliphatic imine (C=N–C) groups is 1. The van der Waals surface area contributed by atoms with E-state index in [0.717, 1.165) is 35.0 Å². The molecule has 2 amide bonds. The molecule has 3 aromatic carbocycles. The van der Waals surface area contributed by atoms with E-state index in [1.54, 1.807) is 29.3 Å². The smallest absolute Gasteiger partial charge is 0.262 e. The Morgan fingerprint density at radius 3 is 2.46 bits per heavy atom. The number of carbonyl (C=O) groups excluding carboxylic acids is 2. The van der Waals surface area contributed by atoms with E-state index in [2.05, 4.69) is 10.3 Å². The summed E-state index contributed by atoms with van der Waals surface area (Å²) in [6, 6.07) is 15.9. The first-order chi connectivity index (χ1) is 17.8. The minimum atomic E-state index is -1.09. The maximum Gasteiger partial charge on any atom is 0.262 e. The molecule has 0 unspecified atom stereocenters. The predicted molar refractivity (Wildman–Crippen MR) is 137 cm³/mol. The van der Waals surface area contributed by atoms with Gasteiger partial charge < -0.3 is 5.32 Å². The molecule has 188 valence electrons. The minimum Gasteiger partial charge on any atom is -0.326 e. The maximum atomic E-state index is 13.5. The van der Waals surface area contributed by atoms with Crippen LogP contribution in [0.25, 0.3) is 0 Å². The lowest BCUT2D eigenvalue weighted by atomic mass is 9.99. The van der Waals surface area contributed by atoms with Gasteiger partial charge in [-0.05, 0) is 47.5 Å². The summed E-state index contributed by atoms with van der Waals surface area (Å²) in [5, 5.41) is 8.89. The van der Waals surface area contributed by atoms with Gasteiger partial charge in [-0.25, -0.2) is 18.2 Å². The lowest BCUT2D eigenvalue weighted by molar-refractivity contribution is -0.121. The van der Waals surface area contributed by atoms with E-state index < -0.39 is 28.7 Å². The van der Waals surface area contributed by atoms with Crippen LogP contribution < -0.4 is 5.32 Å². The molecule has 0 spiro atoms. The first kappa shape index (κ1) is 25.0. The van der Waals surface area contributed by atoms with Crippen LogP contribution in [0.4, 0.5) is 18.9 Å². The van der Waals surface area contributed by atoms with Gasteiger partial charge in [-0.15, -0.1) is 0 Å². The fourth-order valence-corrected chi connectivity index (χ4v) is 5.19. The van der Waals surface area contributed by atoms with Crippen LogP contribution in [0.15, 0.2) is 76.8 Å². The fourth-order valence-electron chi connectivity index (χ4n) is 4.01. The number of amides is 2. The van der Waals surface area contributed by atoms with E-state index in [1.165, 1.54) is 18.2 Å². The van der Waals surface area contributed by atoms with Crippen molar-refractivity contribution in [2.24, 2.45) is 10.1 Å². The van der Waals surface area contributed by atoms with Gasteiger partial charge in [-0.3, -0.25) is 9.59 Å². The number of anilines is 1. The summed E-state index contributed by atoms with van der Waals surface area (Å²) in [5.41, 5.74) is 2.40. The molecule has 11 heteroatoms. The monoisotopic (exact) mass is 542 g/mol. The number of hydrogen-bond acceptors (Lipinski definition) is 5. The summed E-state index contributed by atoms with van der Waals surface area (Å²) >= 11 is 7.15. The van der Waals surface area contributed by atoms with Gasteiger partial charge in [0.25, 0.3) is 5.91 Å². The average Bonchev–Trinajstić information content (AvgIpc) is 3.46. The number of halogens is 4. The summed E-state index contributed by atoms with van der Waals surface area (Å²) in [5.74, 6) is -3.52. The van der Waals surface area contributed by atoms with Crippen LogP contribution in [0, 0.1) is 17.5 Å². The summed E-state index contributed by atoms with van der Waals surface area (Å²) in [6.45, 7) is 0. The van der Waals surface area contributed by atoms with Gasteiger partial charge in [0.15, 0.2) is 16.8 Å². The first-order valence-corrected chi connectivity index (χ1v) is 12.4. The summed E-state index contributed by atoms with van der Waals surface area (Å²) in [7, 11) is 0. The quantitative estimate of drug-likeness (QED) is 0.433. The van der Waals surface area contributed by atoms with Crippen molar-refractivity contribution in [3.05, 3.63) is 100 Å². The Bertz CT molecular complexity index is 1430. The van der Waals surface area contributed by atoms with Crippen LogP contribution in [0.3, 0.4) is 0 Å². The van der Waals surface area contributed by atoms with E-state index in [0.29, 0.717) is 22.3 Å². The van der Waals surface area contributed by atoms with Gasteiger partial charge in [0.05, 0.1) is 11.8 Å². The molecular weight excluding hydrogens is 525 g/mol. The minimum absolute atomic E-state index is 0.0800. The zero-order chi connectivity index (χ0) is 26.1. The molecule has 0 radical (unpaired) electrons. The van der Waals surface area contributed by atoms with Gasteiger partial charge >= 0.3 is 0 Å². The lowest BCUT2D eigenvalue weighted by Crippen LogP contribution is -2.25. The number of amidine groups is 1. The first-order valence-electron chi connectivity index (χ1n) is 11.2. The highest BCUT2D eigenvalue weighted by molar-refractivity contribution is 8.15. The Hall–Kier alpha value is -3.63. The summed E-state index contributed by atoms with van der Waals surface area (Å²) < 4.78 is 40.0. The molecule has 3 aromatic rings. The van der Waals surface area contributed by atoms with Crippen LogP contribution in [0.1, 0.15) is 30.0 Å². The van der Waals surface area contributed by atoms with E-state index in [-0.39, 0.29) is 24.0 Å². The second-order valence-electron chi connectivity index (χ2n) is 8.39. The van der Waals surface area contributed by atoms with Gasteiger partial charge in [0.2, 0.25) is 5.91 Å². The highest BCUT2D eigenvalue weighted by Gasteiger charge is 2.39. The van der Waals surface area contributed by atoms with E-state index in [1.807, 2.05) is 12.1 Å². The number of carbonyl (C=O) groups is 2. The molecule has 0 aliphatic carbocycles. The number of rotatable bonds is 5. The van der Waals surface area contributed by atoms with Crippen molar-refractivity contribution in [2.75, 3.05) is 5.32 Å². The molecule has 0 bridgehead atoms. The van der Waals surface area contributed by atoms with Crippen molar-refractivity contribution >= 4 is 51.7 Å².